The predicted octanol–water partition coefficient (Wildman–Crippen LogP) is 1.07. The summed E-state index contributed by atoms with van der Waals surface area (Å²) in [4.78, 5) is 12.9. The van der Waals surface area contributed by atoms with E-state index in [0.29, 0.717) is 31.2 Å². The molecular formula is C18H24N2O5S. The molecule has 1 aromatic carbocycles. The summed E-state index contributed by atoms with van der Waals surface area (Å²) in [6.45, 7) is 0.110. The van der Waals surface area contributed by atoms with Gasteiger partial charge in [-0.1, -0.05) is 30.3 Å². The summed E-state index contributed by atoms with van der Waals surface area (Å²) >= 11 is 0. The molecule has 1 aliphatic carbocycles. The first kappa shape index (κ1) is 18.9. The van der Waals surface area contributed by atoms with Gasteiger partial charge in [0.1, 0.15) is 10.6 Å². The number of methoxy groups -OCH3 is 1. The number of amides is 1. The molecule has 1 saturated carbocycles. The van der Waals surface area contributed by atoms with Crippen molar-refractivity contribution in [3.8, 4) is 0 Å². The van der Waals surface area contributed by atoms with E-state index in [4.69, 9.17) is 4.74 Å². The van der Waals surface area contributed by atoms with Crippen molar-refractivity contribution in [1.82, 2.24) is 9.62 Å². The van der Waals surface area contributed by atoms with Gasteiger partial charge < -0.3 is 15.2 Å². The number of carbonyl (C=O) groups is 1. The third-order valence-electron chi connectivity index (χ3n) is 4.80. The average Bonchev–Trinajstić information content (AvgIpc) is 2.81. The number of nitrogens with zero attached hydrogens (tertiary/aromatic N) is 1. The van der Waals surface area contributed by atoms with Gasteiger partial charge in [0.25, 0.3) is 15.9 Å². The van der Waals surface area contributed by atoms with E-state index in [0.717, 1.165) is 4.31 Å². The van der Waals surface area contributed by atoms with Crippen molar-refractivity contribution in [1.29, 1.82) is 0 Å². The molecule has 0 spiro atoms. The molecule has 1 aliphatic heterocycles. The first-order valence-corrected chi connectivity index (χ1v) is 10.2. The van der Waals surface area contributed by atoms with Crippen LogP contribution in [0, 0.1) is 0 Å². The highest BCUT2D eigenvalue weighted by Gasteiger charge is 2.44. The summed E-state index contributed by atoms with van der Waals surface area (Å²) < 4.78 is 31.9. The summed E-state index contributed by atoms with van der Waals surface area (Å²) in [6, 6.07) is 8.63. The van der Waals surface area contributed by atoms with Crippen molar-refractivity contribution in [3.63, 3.8) is 0 Å². The zero-order valence-electron chi connectivity index (χ0n) is 14.7. The van der Waals surface area contributed by atoms with Crippen molar-refractivity contribution in [2.45, 2.75) is 37.8 Å². The summed E-state index contributed by atoms with van der Waals surface area (Å²) in [5.74, 6) is -0.549. The Balaban J connectivity index is 1.97. The maximum Gasteiger partial charge on any atom is 0.285 e. The second kappa shape index (κ2) is 7.77. The van der Waals surface area contributed by atoms with Crippen LogP contribution >= 0.6 is 0 Å². The number of aliphatic hydroxyl groups is 1. The predicted molar refractivity (Wildman–Crippen MR) is 97.3 cm³/mol. The van der Waals surface area contributed by atoms with Crippen molar-refractivity contribution in [2.24, 2.45) is 0 Å². The van der Waals surface area contributed by atoms with Gasteiger partial charge in [-0.05, 0) is 31.2 Å². The fraction of sp³-hybridized carbons (Fsp3) is 0.500. The minimum Gasteiger partial charge on any atom is -0.393 e. The highest BCUT2D eigenvalue weighted by Crippen LogP contribution is 2.35. The first-order valence-electron chi connectivity index (χ1n) is 8.75. The van der Waals surface area contributed by atoms with Gasteiger partial charge in [0.15, 0.2) is 0 Å². The maximum absolute atomic E-state index is 13.0. The summed E-state index contributed by atoms with van der Waals surface area (Å²) in [6.07, 6.45) is 2.34. The number of aliphatic hydroxyl groups excluding tert-OH is 1. The van der Waals surface area contributed by atoms with Gasteiger partial charge in [-0.15, -0.1) is 0 Å². The van der Waals surface area contributed by atoms with Crippen LogP contribution in [0.5, 0.6) is 0 Å². The molecule has 1 amide bonds. The smallest absolute Gasteiger partial charge is 0.285 e. The zero-order valence-corrected chi connectivity index (χ0v) is 15.5. The van der Waals surface area contributed by atoms with E-state index in [1.165, 1.54) is 7.11 Å². The Morgan fingerprint density at radius 1 is 1.19 bits per heavy atom. The van der Waals surface area contributed by atoms with E-state index in [2.05, 4.69) is 5.32 Å². The number of benzene rings is 1. The Morgan fingerprint density at radius 3 is 2.46 bits per heavy atom. The molecule has 2 aliphatic rings. The van der Waals surface area contributed by atoms with Crippen LogP contribution in [-0.4, -0.2) is 56.1 Å². The lowest BCUT2D eigenvalue weighted by molar-refractivity contribution is -0.123. The standard InChI is InChI=1S/C18H24N2O5S/c1-25-12-11-20-18(22)16(19-14-7-9-15(21)10-8-14)17(26(20,23)24)13-5-3-2-4-6-13/h2-6,14-15,19,21H,7-12H2,1H3. The molecule has 1 fully saturated rings. The van der Waals surface area contributed by atoms with E-state index in [1.807, 2.05) is 0 Å². The molecule has 1 aromatic rings. The normalized spacial score (nSPS) is 25.6. The molecular weight excluding hydrogens is 356 g/mol. The SMILES string of the molecule is COCCN1C(=O)C(NC2CCC(O)CC2)=C(c2ccccc2)S1(=O)=O. The Bertz CT molecular complexity index is 783. The number of hydrogen-bond acceptors (Lipinski definition) is 6. The number of hydrogen-bond donors (Lipinski definition) is 2. The van der Waals surface area contributed by atoms with Gasteiger partial charge in [0.2, 0.25) is 0 Å². The van der Waals surface area contributed by atoms with Crippen LogP contribution in [0.1, 0.15) is 31.2 Å². The molecule has 1 heterocycles. The minimum atomic E-state index is -3.94. The van der Waals surface area contributed by atoms with E-state index < -0.39 is 15.9 Å². The molecule has 7 nitrogen and oxygen atoms in total. The van der Waals surface area contributed by atoms with Crippen LogP contribution in [0.4, 0.5) is 0 Å². The van der Waals surface area contributed by atoms with Gasteiger partial charge in [0, 0.05) is 13.2 Å². The topological polar surface area (TPSA) is 95.9 Å². The van der Waals surface area contributed by atoms with Gasteiger partial charge >= 0.3 is 0 Å². The number of nitrogens with one attached hydrogen (secondary N) is 1. The van der Waals surface area contributed by atoms with Crippen LogP contribution in [0.25, 0.3) is 4.91 Å². The lowest BCUT2D eigenvalue weighted by Gasteiger charge is -2.27. The molecule has 142 valence electrons. The molecule has 0 saturated heterocycles. The lowest BCUT2D eigenvalue weighted by Crippen LogP contribution is -2.39. The van der Waals surface area contributed by atoms with Crippen LogP contribution in [0.2, 0.25) is 0 Å². The number of ether oxygens (including phenoxy) is 1. The molecule has 2 N–H and O–H groups in total. The molecule has 0 unspecified atom stereocenters. The van der Waals surface area contributed by atoms with Crippen LogP contribution in [0.3, 0.4) is 0 Å². The Labute approximate surface area is 153 Å². The summed E-state index contributed by atoms with van der Waals surface area (Å²) in [5.41, 5.74) is 0.604. The van der Waals surface area contributed by atoms with Gasteiger partial charge in [-0.3, -0.25) is 4.79 Å². The zero-order chi connectivity index (χ0) is 18.7. The average molecular weight is 380 g/mol. The molecule has 0 bridgehead atoms. The molecule has 0 atom stereocenters. The van der Waals surface area contributed by atoms with Crippen molar-refractivity contribution < 1.29 is 23.1 Å². The highest BCUT2D eigenvalue weighted by atomic mass is 32.2. The molecule has 0 radical (unpaired) electrons. The Morgan fingerprint density at radius 2 is 1.85 bits per heavy atom. The van der Waals surface area contributed by atoms with Crippen LogP contribution < -0.4 is 5.32 Å². The fourth-order valence-electron chi connectivity index (χ4n) is 3.40. The third kappa shape index (κ3) is 3.62. The molecule has 3 rings (SSSR count). The number of sulfonamides is 1. The number of rotatable bonds is 6. The third-order valence-corrected chi connectivity index (χ3v) is 6.68. The largest absolute Gasteiger partial charge is 0.393 e. The second-order valence-corrected chi connectivity index (χ2v) is 8.39. The molecule has 0 aromatic heterocycles. The van der Waals surface area contributed by atoms with Crippen molar-refractivity contribution >= 4 is 20.8 Å². The Kier molecular flexibility index (Phi) is 5.64. The molecule has 26 heavy (non-hydrogen) atoms. The van der Waals surface area contributed by atoms with Crippen LogP contribution in [0.15, 0.2) is 36.0 Å². The van der Waals surface area contributed by atoms with Gasteiger partial charge in [0.05, 0.1) is 19.3 Å². The van der Waals surface area contributed by atoms with Gasteiger partial charge in [-0.25, -0.2) is 12.7 Å². The maximum atomic E-state index is 13.0. The summed E-state index contributed by atoms with van der Waals surface area (Å²) in [5, 5.41) is 12.8. The Hall–Kier alpha value is -1.90. The van der Waals surface area contributed by atoms with Gasteiger partial charge in [-0.2, -0.15) is 0 Å². The van der Waals surface area contributed by atoms with Crippen molar-refractivity contribution in [3.05, 3.63) is 41.6 Å². The summed E-state index contributed by atoms with van der Waals surface area (Å²) in [7, 11) is -2.48. The minimum absolute atomic E-state index is 0.0188. The second-order valence-electron chi connectivity index (χ2n) is 6.60. The quantitative estimate of drug-likeness (QED) is 0.766. The van der Waals surface area contributed by atoms with E-state index in [9.17, 15) is 18.3 Å². The monoisotopic (exact) mass is 380 g/mol. The van der Waals surface area contributed by atoms with E-state index in [1.54, 1.807) is 30.3 Å². The van der Waals surface area contributed by atoms with E-state index >= 15 is 0 Å². The number of carbonyl (C=O) groups excluding carboxylic acids is 1. The lowest BCUT2D eigenvalue weighted by atomic mass is 9.93. The van der Waals surface area contributed by atoms with E-state index in [-0.39, 0.29) is 35.9 Å². The molecule has 8 heteroatoms. The first-order chi connectivity index (χ1) is 12.4. The van der Waals surface area contributed by atoms with Crippen LogP contribution in [-0.2, 0) is 19.6 Å². The highest BCUT2D eigenvalue weighted by molar-refractivity contribution is 7.99. The fourth-order valence-corrected chi connectivity index (χ4v) is 5.08. The van der Waals surface area contributed by atoms with Crippen molar-refractivity contribution in [2.75, 3.05) is 20.3 Å².